The molecule has 1 atom stereocenters. The summed E-state index contributed by atoms with van der Waals surface area (Å²) in [6.07, 6.45) is 3.74. The van der Waals surface area contributed by atoms with Crippen LogP contribution in [0.3, 0.4) is 0 Å². The van der Waals surface area contributed by atoms with Gasteiger partial charge in [-0.15, -0.1) is 11.6 Å². The van der Waals surface area contributed by atoms with Crippen LogP contribution in [0.15, 0.2) is 18.2 Å². The summed E-state index contributed by atoms with van der Waals surface area (Å²) in [5.74, 6) is 1.78. The Morgan fingerprint density at radius 2 is 1.95 bits per heavy atom. The normalized spacial score (nSPS) is 13.3. The number of aromatic nitrogens is 2. The SMILES string of the molecule is Cc1ccc2c(c1)nc(C(C)Cl)n2CCCCC(C)C. The van der Waals surface area contributed by atoms with Crippen LogP contribution in [0.5, 0.6) is 0 Å². The molecule has 0 fully saturated rings. The zero-order valence-corrected chi connectivity index (χ0v) is 13.7. The van der Waals surface area contributed by atoms with Crippen molar-refractivity contribution in [2.24, 2.45) is 5.92 Å². The van der Waals surface area contributed by atoms with Crippen molar-refractivity contribution in [2.45, 2.75) is 58.9 Å². The van der Waals surface area contributed by atoms with Gasteiger partial charge in [0.05, 0.1) is 16.4 Å². The van der Waals surface area contributed by atoms with Crippen LogP contribution < -0.4 is 0 Å². The summed E-state index contributed by atoms with van der Waals surface area (Å²) < 4.78 is 2.30. The van der Waals surface area contributed by atoms with Gasteiger partial charge in [-0.1, -0.05) is 32.8 Å². The van der Waals surface area contributed by atoms with E-state index in [1.165, 1.54) is 30.3 Å². The summed E-state index contributed by atoms with van der Waals surface area (Å²) in [6, 6.07) is 6.46. The number of nitrogens with zero attached hydrogens (tertiary/aromatic N) is 2. The first-order valence-corrected chi connectivity index (χ1v) is 8.03. The van der Waals surface area contributed by atoms with Gasteiger partial charge in [-0.05, 0) is 43.9 Å². The van der Waals surface area contributed by atoms with Crippen molar-refractivity contribution in [1.82, 2.24) is 9.55 Å². The van der Waals surface area contributed by atoms with Crippen LogP contribution >= 0.6 is 11.6 Å². The van der Waals surface area contributed by atoms with E-state index in [1.54, 1.807) is 0 Å². The highest BCUT2D eigenvalue weighted by molar-refractivity contribution is 6.20. The van der Waals surface area contributed by atoms with Gasteiger partial charge in [0.1, 0.15) is 5.82 Å². The van der Waals surface area contributed by atoms with Crippen LogP contribution in [0, 0.1) is 12.8 Å². The van der Waals surface area contributed by atoms with Crippen molar-refractivity contribution >= 4 is 22.6 Å². The van der Waals surface area contributed by atoms with Crippen LogP contribution in [-0.4, -0.2) is 9.55 Å². The maximum absolute atomic E-state index is 6.30. The van der Waals surface area contributed by atoms with Gasteiger partial charge in [0, 0.05) is 6.54 Å². The molecule has 20 heavy (non-hydrogen) atoms. The molecule has 0 spiro atoms. The van der Waals surface area contributed by atoms with Gasteiger partial charge in [-0.25, -0.2) is 4.98 Å². The zero-order valence-electron chi connectivity index (χ0n) is 13.0. The second kappa shape index (κ2) is 6.62. The highest BCUT2D eigenvalue weighted by Crippen LogP contribution is 2.26. The number of imidazole rings is 1. The molecular weight excluding hydrogens is 268 g/mol. The Bertz CT molecular complexity index is 570. The van der Waals surface area contributed by atoms with Crippen LogP contribution in [-0.2, 0) is 6.54 Å². The van der Waals surface area contributed by atoms with Crippen molar-refractivity contribution in [1.29, 1.82) is 0 Å². The van der Waals surface area contributed by atoms with E-state index in [4.69, 9.17) is 16.6 Å². The second-order valence-electron chi connectivity index (χ2n) is 6.12. The Morgan fingerprint density at radius 3 is 2.60 bits per heavy atom. The van der Waals surface area contributed by atoms with Crippen molar-refractivity contribution in [3.63, 3.8) is 0 Å². The number of aryl methyl sites for hydroxylation is 2. The predicted molar refractivity (Wildman–Crippen MR) is 87.4 cm³/mol. The molecule has 0 amide bonds. The lowest BCUT2D eigenvalue weighted by Gasteiger charge is -2.11. The average molecular weight is 293 g/mol. The standard InChI is InChI=1S/C17H25ClN2/c1-12(2)7-5-6-10-20-16-9-8-13(3)11-15(16)19-17(20)14(4)18/h8-9,11-12,14H,5-7,10H2,1-4H3. The summed E-state index contributed by atoms with van der Waals surface area (Å²) in [6.45, 7) is 9.67. The number of rotatable bonds is 6. The fraction of sp³-hybridized carbons (Fsp3) is 0.588. The van der Waals surface area contributed by atoms with E-state index < -0.39 is 0 Å². The van der Waals surface area contributed by atoms with Crippen molar-refractivity contribution in [2.75, 3.05) is 0 Å². The van der Waals surface area contributed by atoms with Gasteiger partial charge in [-0.3, -0.25) is 0 Å². The lowest BCUT2D eigenvalue weighted by molar-refractivity contribution is 0.507. The van der Waals surface area contributed by atoms with Gasteiger partial charge < -0.3 is 4.57 Å². The van der Waals surface area contributed by atoms with Crippen LogP contribution in [0.2, 0.25) is 0 Å². The van der Waals surface area contributed by atoms with Gasteiger partial charge in [0.15, 0.2) is 0 Å². The highest BCUT2D eigenvalue weighted by Gasteiger charge is 2.14. The Kier molecular flexibility index (Phi) is 5.09. The van der Waals surface area contributed by atoms with Crippen molar-refractivity contribution < 1.29 is 0 Å². The third kappa shape index (κ3) is 3.54. The van der Waals surface area contributed by atoms with E-state index in [-0.39, 0.29) is 5.38 Å². The molecule has 0 saturated carbocycles. The monoisotopic (exact) mass is 292 g/mol. The molecular formula is C17H25ClN2. The molecule has 1 unspecified atom stereocenters. The summed E-state index contributed by atoms with van der Waals surface area (Å²) in [4.78, 5) is 4.72. The number of unbranched alkanes of at least 4 members (excludes halogenated alkanes) is 1. The number of hydrogen-bond donors (Lipinski definition) is 0. The number of hydrogen-bond acceptors (Lipinski definition) is 1. The summed E-state index contributed by atoms with van der Waals surface area (Å²) >= 11 is 6.30. The molecule has 2 rings (SSSR count). The molecule has 0 radical (unpaired) electrons. The van der Waals surface area contributed by atoms with Gasteiger partial charge in [0.25, 0.3) is 0 Å². The fourth-order valence-electron chi connectivity index (χ4n) is 2.62. The van der Waals surface area contributed by atoms with E-state index in [0.717, 1.165) is 23.8 Å². The first-order chi connectivity index (χ1) is 9.49. The molecule has 1 aromatic heterocycles. The number of benzene rings is 1. The molecule has 1 aromatic carbocycles. The van der Waals surface area contributed by atoms with E-state index in [1.807, 2.05) is 6.92 Å². The zero-order chi connectivity index (χ0) is 14.7. The van der Waals surface area contributed by atoms with Crippen LogP contribution in [0.25, 0.3) is 11.0 Å². The third-order valence-corrected chi connectivity index (χ3v) is 3.90. The first-order valence-electron chi connectivity index (χ1n) is 7.60. The van der Waals surface area contributed by atoms with Crippen molar-refractivity contribution in [3.8, 4) is 0 Å². The average Bonchev–Trinajstić information content (AvgIpc) is 2.72. The summed E-state index contributed by atoms with van der Waals surface area (Å²) in [5, 5.41) is -0.0483. The van der Waals surface area contributed by atoms with Crippen molar-refractivity contribution in [3.05, 3.63) is 29.6 Å². The molecule has 0 bridgehead atoms. The lowest BCUT2D eigenvalue weighted by Crippen LogP contribution is -2.05. The highest BCUT2D eigenvalue weighted by atomic mass is 35.5. The Balaban J connectivity index is 2.22. The minimum atomic E-state index is -0.0483. The lowest BCUT2D eigenvalue weighted by atomic mass is 10.1. The van der Waals surface area contributed by atoms with Crippen LogP contribution in [0.4, 0.5) is 0 Å². The molecule has 3 heteroatoms. The fourth-order valence-corrected chi connectivity index (χ4v) is 2.79. The Labute approximate surface area is 127 Å². The van der Waals surface area contributed by atoms with Gasteiger partial charge in [-0.2, -0.15) is 0 Å². The quantitative estimate of drug-likeness (QED) is 0.510. The molecule has 110 valence electrons. The molecule has 0 aliphatic heterocycles. The summed E-state index contributed by atoms with van der Waals surface area (Å²) in [7, 11) is 0. The maximum atomic E-state index is 6.30. The number of fused-ring (bicyclic) bond motifs is 1. The molecule has 1 heterocycles. The molecule has 0 saturated heterocycles. The molecule has 2 nitrogen and oxygen atoms in total. The topological polar surface area (TPSA) is 17.8 Å². The van der Waals surface area contributed by atoms with E-state index >= 15 is 0 Å². The minimum Gasteiger partial charge on any atom is -0.327 e. The molecule has 2 aromatic rings. The number of halogens is 1. The molecule has 0 aliphatic rings. The Hall–Kier alpha value is -1.02. The first kappa shape index (κ1) is 15.4. The van der Waals surface area contributed by atoms with Gasteiger partial charge in [0.2, 0.25) is 0 Å². The minimum absolute atomic E-state index is 0.0483. The summed E-state index contributed by atoms with van der Waals surface area (Å²) in [5.41, 5.74) is 3.52. The number of alkyl halides is 1. The Morgan fingerprint density at radius 1 is 1.20 bits per heavy atom. The third-order valence-electron chi connectivity index (χ3n) is 3.70. The van der Waals surface area contributed by atoms with E-state index in [0.29, 0.717) is 0 Å². The smallest absolute Gasteiger partial charge is 0.127 e. The molecule has 0 aliphatic carbocycles. The maximum Gasteiger partial charge on any atom is 0.127 e. The predicted octanol–water partition coefficient (Wildman–Crippen LogP) is 5.47. The van der Waals surface area contributed by atoms with E-state index in [9.17, 15) is 0 Å². The van der Waals surface area contributed by atoms with Crippen LogP contribution in [0.1, 0.15) is 56.8 Å². The molecule has 0 N–H and O–H groups in total. The van der Waals surface area contributed by atoms with E-state index in [2.05, 4.69) is 43.5 Å². The van der Waals surface area contributed by atoms with Gasteiger partial charge >= 0.3 is 0 Å². The second-order valence-corrected chi connectivity index (χ2v) is 6.77. The largest absolute Gasteiger partial charge is 0.327 e.